The largest absolute Gasteiger partial charge is 0.452 e. The second-order valence-electron chi connectivity index (χ2n) is 6.33. The van der Waals surface area contributed by atoms with Crippen LogP contribution in [-0.4, -0.2) is 34.9 Å². The van der Waals surface area contributed by atoms with Crippen LogP contribution in [0.2, 0.25) is 10.2 Å². The molecule has 7 nitrogen and oxygen atoms in total. The van der Waals surface area contributed by atoms with Crippen molar-refractivity contribution in [1.82, 2.24) is 4.98 Å². The number of pyridine rings is 1. The SMILES string of the molecule is CC1(C)C(=O)Nc2ccccc2N1C(=O)COC(=O)c1cnc(Cl)c(Cl)c1. The maximum atomic E-state index is 12.8. The molecular weight excluding hydrogens is 393 g/mol. The summed E-state index contributed by atoms with van der Waals surface area (Å²) in [5.74, 6) is -1.65. The monoisotopic (exact) mass is 407 g/mol. The Balaban J connectivity index is 1.79. The second-order valence-corrected chi connectivity index (χ2v) is 7.10. The van der Waals surface area contributed by atoms with Crippen LogP contribution < -0.4 is 10.2 Å². The van der Waals surface area contributed by atoms with Crippen molar-refractivity contribution < 1.29 is 19.1 Å². The molecule has 140 valence electrons. The minimum Gasteiger partial charge on any atom is -0.452 e. The topological polar surface area (TPSA) is 88.6 Å². The minimum absolute atomic E-state index is 0.0574. The van der Waals surface area contributed by atoms with E-state index >= 15 is 0 Å². The molecule has 1 aromatic carbocycles. The highest BCUT2D eigenvalue weighted by Crippen LogP contribution is 2.36. The average Bonchev–Trinajstić information content (AvgIpc) is 2.62. The number of hydrogen-bond donors (Lipinski definition) is 1. The zero-order chi connectivity index (χ0) is 19.8. The fraction of sp³-hybridized carbons (Fsp3) is 0.222. The lowest BCUT2D eigenvalue weighted by Crippen LogP contribution is -2.59. The number of halogens is 2. The van der Waals surface area contributed by atoms with E-state index in [1.165, 1.54) is 17.2 Å². The fourth-order valence-corrected chi connectivity index (χ4v) is 2.98. The molecule has 2 amide bonds. The summed E-state index contributed by atoms with van der Waals surface area (Å²) < 4.78 is 5.08. The van der Waals surface area contributed by atoms with Crippen molar-refractivity contribution in [2.45, 2.75) is 19.4 Å². The number of esters is 1. The number of fused-ring (bicyclic) bond motifs is 1. The Morgan fingerprint density at radius 2 is 1.96 bits per heavy atom. The fourth-order valence-electron chi connectivity index (χ4n) is 2.71. The van der Waals surface area contributed by atoms with Crippen molar-refractivity contribution in [3.05, 3.63) is 52.3 Å². The summed E-state index contributed by atoms with van der Waals surface area (Å²) >= 11 is 11.5. The summed E-state index contributed by atoms with van der Waals surface area (Å²) in [7, 11) is 0. The molecule has 0 unspecified atom stereocenters. The zero-order valence-electron chi connectivity index (χ0n) is 14.5. The first kappa shape index (κ1) is 19.1. The van der Waals surface area contributed by atoms with E-state index in [1.807, 2.05) is 0 Å². The second kappa shape index (κ2) is 7.17. The Bertz CT molecular complexity index is 946. The van der Waals surface area contributed by atoms with E-state index in [9.17, 15) is 14.4 Å². The van der Waals surface area contributed by atoms with Gasteiger partial charge in [0.1, 0.15) is 10.7 Å². The molecule has 1 aliphatic heterocycles. The molecule has 0 aliphatic carbocycles. The maximum absolute atomic E-state index is 12.8. The molecular formula is C18H15Cl2N3O4. The van der Waals surface area contributed by atoms with Crippen molar-refractivity contribution in [2.75, 3.05) is 16.8 Å². The molecule has 0 atom stereocenters. The van der Waals surface area contributed by atoms with Crippen LogP contribution in [0.15, 0.2) is 36.5 Å². The average molecular weight is 408 g/mol. The number of benzene rings is 1. The lowest BCUT2D eigenvalue weighted by Gasteiger charge is -2.41. The lowest BCUT2D eigenvalue weighted by molar-refractivity contribution is -0.128. The highest BCUT2D eigenvalue weighted by atomic mass is 35.5. The molecule has 27 heavy (non-hydrogen) atoms. The van der Waals surface area contributed by atoms with E-state index in [2.05, 4.69) is 10.3 Å². The van der Waals surface area contributed by atoms with E-state index in [1.54, 1.807) is 38.1 Å². The maximum Gasteiger partial charge on any atom is 0.340 e. The van der Waals surface area contributed by atoms with Crippen molar-refractivity contribution in [1.29, 1.82) is 0 Å². The molecule has 0 saturated heterocycles. The van der Waals surface area contributed by atoms with Gasteiger partial charge in [-0.05, 0) is 32.0 Å². The molecule has 2 heterocycles. The number of anilines is 2. The van der Waals surface area contributed by atoms with Crippen LogP contribution in [-0.2, 0) is 14.3 Å². The third-order valence-electron chi connectivity index (χ3n) is 4.12. The summed E-state index contributed by atoms with van der Waals surface area (Å²) in [4.78, 5) is 42.4. The molecule has 0 radical (unpaired) electrons. The van der Waals surface area contributed by atoms with Crippen LogP contribution in [0, 0.1) is 0 Å². The van der Waals surface area contributed by atoms with Gasteiger partial charge < -0.3 is 10.1 Å². The van der Waals surface area contributed by atoms with Crippen molar-refractivity contribution in [3.63, 3.8) is 0 Å². The van der Waals surface area contributed by atoms with Gasteiger partial charge in [-0.25, -0.2) is 9.78 Å². The molecule has 9 heteroatoms. The first-order valence-electron chi connectivity index (χ1n) is 7.93. The van der Waals surface area contributed by atoms with Crippen LogP contribution in [0.3, 0.4) is 0 Å². The van der Waals surface area contributed by atoms with Gasteiger partial charge in [0, 0.05) is 6.20 Å². The van der Waals surface area contributed by atoms with Crippen LogP contribution in [0.5, 0.6) is 0 Å². The summed E-state index contributed by atoms with van der Waals surface area (Å²) in [6, 6.07) is 8.20. The number of carbonyl (C=O) groups is 3. The molecule has 3 rings (SSSR count). The number of hydrogen-bond acceptors (Lipinski definition) is 5. The quantitative estimate of drug-likeness (QED) is 0.622. The Hall–Kier alpha value is -2.64. The van der Waals surface area contributed by atoms with Gasteiger partial charge in [0.2, 0.25) is 5.91 Å². The number of aromatic nitrogens is 1. The molecule has 0 saturated carbocycles. The zero-order valence-corrected chi connectivity index (χ0v) is 16.0. The Labute approximate surface area is 165 Å². The lowest BCUT2D eigenvalue weighted by atomic mass is 9.96. The molecule has 1 N–H and O–H groups in total. The Morgan fingerprint density at radius 3 is 2.67 bits per heavy atom. The van der Waals surface area contributed by atoms with Gasteiger partial charge >= 0.3 is 5.97 Å². The van der Waals surface area contributed by atoms with Crippen LogP contribution >= 0.6 is 23.2 Å². The van der Waals surface area contributed by atoms with E-state index in [0.29, 0.717) is 11.4 Å². The van der Waals surface area contributed by atoms with Gasteiger partial charge in [0.15, 0.2) is 6.61 Å². The van der Waals surface area contributed by atoms with Gasteiger partial charge in [-0.2, -0.15) is 0 Å². The van der Waals surface area contributed by atoms with Gasteiger partial charge in [-0.3, -0.25) is 14.5 Å². The molecule has 2 aromatic rings. The van der Waals surface area contributed by atoms with E-state index < -0.39 is 24.0 Å². The third kappa shape index (κ3) is 3.61. The van der Waals surface area contributed by atoms with Crippen LogP contribution in [0.4, 0.5) is 11.4 Å². The molecule has 0 spiro atoms. The summed E-state index contributed by atoms with van der Waals surface area (Å²) in [6.07, 6.45) is 1.20. The van der Waals surface area contributed by atoms with Crippen molar-refractivity contribution in [2.24, 2.45) is 0 Å². The molecule has 0 bridgehead atoms. The highest BCUT2D eigenvalue weighted by molar-refractivity contribution is 6.41. The summed E-state index contributed by atoms with van der Waals surface area (Å²) in [5, 5.41) is 2.92. The Morgan fingerprint density at radius 1 is 1.26 bits per heavy atom. The number of para-hydroxylation sites is 2. The minimum atomic E-state index is -1.15. The van der Waals surface area contributed by atoms with E-state index in [0.717, 1.165) is 0 Å². The van der Waals surface area contributed by atoms with Gasteiger partial charge in [-0.15, -0.1) is 0 Å². The van der Waals surface area contributed by atoms with Crippen molar-refractivity contribution in [3.8, 4) is 0 Å². The number of nitrogens with zero attached hydrogens (tertiary/aromatic N) is 2. The van der Waals surface area contributed by atoms with Gasteiger partial charge in [0.25, 0.3) is 5.91 Å². The summed E-state index contributed by atoms with van der Waals surface area (Å²) in [6.45, 7) is 2.67. The number of rotatable bonds is 3. The third-order valence-corrected chi connectivity index (χ3v) is 4.80. The molecule has 1 aromatic heterocycles. The number of carbonyl (C=O) groups excluding carboxylic acids is 3. The molecule has 0 fully saturated rings. The summed E-state index contributed by atoms with van der Waals surface area (Å²) in [5.41, 5.74) is -0.0500. The van der Waals surface area contributed by atoms with Gasteiger partial charge in [-0.1, -0.05) is 35.3 Å². The standard InChI is InChI=1S/C18H15Cl2N3O4/c1-18(2)17(26)22-12-5-3-4-6-13(12)23(18)14(24)9-27-16(25)10-7-11(19)15(20)21-8-10/h3-8H,9H2,1-2H3,(H,22,26). The van der Waals surface area contributed by atoms with E-state index in [4.69, 9.17) is 27.9 Å². The van der Waals surface area contributed by atoms with Gasteiger partial charge in [0.05, 0.1) is 22.0 Å². The van der Waals surface area contributed by atoms with Crippen molar-refractivity contribution >= 4 is 52.4 Å². The molecule has 1 aliphatic rings. The first-order chi connectivity index (χ1) is 12.7. The number of amides is 2. The first-order valence-corrected chi connectivity index (χ1v) is 8.69. The smallest absolute Gasteiger partial charge is 0.340 e. The number of nitrogens with one attached hydrogen (secondary N) is 1. The predicted molar refractivity (Wildman–Crippen MR) is 101 cm³/mol. The predicted octanol–water partition coefficient (Wildman–Crippen LogP) is 3.31. The normalized spacial score (nSPS) is 15.0. The number of ether oxygens (including phenoxy) is 1. The van der Waals surface area contributed by atoms with Crippen LogP contribution in [0.1, 0.15) is 24.2 Å². The van der Waals surface area contributed by atoms with E-state index in [-0.39, 0.29) is 21.6 Å². The Kier molecular flexibility index (Phi) is 5.08. The van der Waals surface area contributed by atoms with Crippen LogP contribution in [0.25, 0.3) is 0 Å². The highest BCUT2D eigenvalue weighted by Gasteiger charge is 2.43.